The van der Waals surface area contributed by atoms with Gasteiger partial charge in [0.15, 0.2) is 0 Å². The van der Waals surface area contributed by atoms with E-state index in [1.54, 1.807) is 24.3 Å². The third-order valence-electron chi connectivity index (χ3n) is 3.55. The lowest BCUT2D eigenvalue weighted by Gasteiger charge is -2.15. The molecule has 1 aromatic carbocycles. The van der Waals surface area contributed by atoms with Gasteiger partial charge in [-0.3, -0.25) is 19.8 Å². The molecule has 0 fully saturated rings. The highest BCUT2D eigenvalue weighted by molar-refractivity contribution is 9.11. The Hall–Kier alpha value is -1.77. The predicted octanol–water partition coefficient (Wildman–Crippen LogP) is 4.11. The first-order chi connectivity index (χ1) is 11.3. The highest BCUT2D eigenvalue weighted by atomic mass is 79.9. The van der Waals surface area contributed by atoms with Crippen LogP contribution in [0.15, 0.2) is 28.1 Å². The topological polar surface area (TPSA) is 75.5 Å². The predicted molar refractivity (Wildman–Crippen MR) is 99.6 cm³/mol. The Morgan fingerprint density at radius 2 is 2.00 bits per heavy atom. The van der Waals surface area contributed by atoms with Gasteiger partial charge in [0, 0.05) is 17.5 Å². The van der Waals surface area contributed by atoms with Gasteiger partial charge in [0.25, 0.3) is 5.69 Å². The van der Waals surface area contributed by atoms with Crippen LogP contribution in [-0.4, -0.2) is 29.3 Å². The first kappa shape index (κ1) is 18.6. The molecule has 0 aliphatic carbocycles. The smallest absolute Gasteiger partial charge is 0.293 e. The molecule has 0 radical (unpaired) electrons. The normalized spacial score (nSPS) is 10.9. The Morgan fingerprint density at radius 3 is 2.58 bits per heavy atom. The van der Waals surface area contributed by atoms with Crippen molar-refractivity contribution in [1.29, 1.82) is 0 Å². The first-order valence-electron chi connectivity index (χ1n) is 7.24. The Labute approximate surface area is 152 Å². The van der Waals surface area contributed by atoms with Gasteiger partial charge in [0.2, 0.25) is 5.91 Å². The minimum Gasteiger partial charge on any atom is -0.319 e. The number of aryl methyl sites for hydroxylation is 2. The summed E-state index contributed by atoms with van der Waals surface area (Å²) >= 11 is 5.02. The van der Waals surface area contributed by atoms with Gasteiger partial charge in [-0.25, -0.2) is 0 Å². The summed E-state index contributed by atoms with van der Waals surface area (Å²) in [4.78, 5) is 25.9. The van der Waals surface area contributed by atoms with E-state index in [1.807, 2.05) is 31.0 Å². The molecule has 0 aliphatic heterocycles. The molecule has 0 atom stereocenters. The number of rotatable bonds is 6. The molecule has 6 nitrogen and oxygen atoms in total. The number of amides is 1. The molecular weight excluding hydrogens is 394 g/mol. The maximum atomic E-state index is 12.2. The van der Waals surface area contributed by atoms with Crippen LogP contribution in [0.3, 0.4) is 0 Å². The molecule has 1 amide bonds. The molecule has 128 valence electrons. The lowest BCUT2D eigenvalue weighted by molar-refractivity contribution is -0.384. The van der Waals surface area contributed by atoms with E-state index in [4.69, 9.17) is 0 Å². The second kappa shape index (κ2) is 7.87. The number of carbonyl (C=O) groups excluding carboxylic acids is 1. The molecule has 1 N–H and O–H groups in total. The lowest BCUT2D eigenvalue weighted by atomic mass is 10.1. The minimum atomic E-state index is -0.477. The zero-order chi connectivity index (χ0) is 17.9. The SMILES string of the molecule is Cc1cc(NC(=O)CN(C)Cc2ccc(Br)s2)c([N+](=O)[O-])cc1C. The molecular formula is C16H18BrN3O3S. The van der Waals surface area contributed by atoms with Gasteiger partial charge in [0.1, 0.15) is 5.69 Å². The van der Waals surface area contributed by atoms with Crippen LogP contribution in [0, 0.1) is 24.0 Å². The van der Waals surface area contributed by atoms with Gasteiger partial charge >= 0.3 is 0 Å². The number of nitro groups is 1. The van der Waals surface area contributed by atoms with Gasteiger partial charge in [-0.2, -0.15) is 0 Å². The van der Waals surface area contributed by atoms with Crippen molar-refractivity contribution in [1.82, 2.24) is 4.90 Å². The summed E-state index contributed by atoms with van der Waals surface area (Å²) in [5.41, 5.74) is 1.87. The van der Waals surface area contributed by atoms with E-state index < -0.39 is 4.92 Å². The average Bonchev–Trinajstić information content (AvgIpc) is 2.87. The number of halogens is 1. The van der Waals surface area contributed by atoms with Crippen LogP contribution >= 0.6 is 27.3 Å². The van der Waals surface area contributed by atoms with Crippen molar-refractivity contribution >= 4 is 44.5 Å². The van der Waals surface area contributed by atoms with Crippen LogP contribution in [-0.2, 0) is 11.3 Å². The van der Waals surface area contributed by atoms with Crippen LogP contribution in [0.4, 0.5) is 11.4 Å². The number of nitrogens with zero attached hydrogens (tertiary/aromatic N) is 2. The summed E-state index contributed by atoms with van der Waals surface area (Å²) in [5.74, 6) is -0.278. The quantitative estimate of drug-likeness (QED) is 0.573. The number of hydrogen-bond acceptors (Lipinski definition) is 5. The summed E-state index contributed by atoms with van der Waals surface area (Å²) < 4.78 is 1.04. The van der Waals surface area contributed by atoms with E-state index in [0.29, 0.717) is 6.54 Å². The Morgan fingerprint density at radius 1 is 1.33 bits per heavy atom. The van der Waals surface area contributed by atoms with Crippen LogP contribution in [0.5, 0.6) is 0 Å². The van der Waals surface area contributed by atoms with Crippen molar-refractivity contribution in [2.45, 2.75) is 20.4 Å². The van der Waals surface area contributed by atoms with Crippen molar-refractivity contribution in [3.63, 3.8) is 0 Å². The molecule has 1 aromatic heterocycles. The molecule has 1 heterocycles. The highest BCUT2D eigenvalue weighted by Gasteiger charge is 2.18. The summed E-state index contributed by atoms with van der Waals surface area (Å²) in [6, 6.07) is 7.09. The molecule has 0 saturated carbocycles. The minimum absolute atomic E-state index is 0.0868. The molecule has 24 heavy (non-hydrogen) atoms. The fourth-order valence-corrected chi connectivity index (χ4v) is 3.81. The number of hydrogen-bond donors (Lipinski definition) is 1. The lowest BCUT2D eigenvalue weighted by Crippen LogP contribution is -2.29. The molecule has 2 aromatic rings. The third kappa shape index (κ3) is 4.86. The molecule has 0 aliphatic rings. The van der Waals surface area contributed by atoms with E-state index in [1.165, 1.54) is 6.07 Å². The standard InChI is InChI=1S/C16H18BrN3O3S/c1-10-6-13(14(20(22)23)7-11(10)2)18-16(21)9-19(3)8-12-4-5-15(17)24-12/h4-7H,8-9H2,1-3H3,(H,18,21). The van der Waals surface area contributed by atoms with Crippen LogP contribution in [0.25, 0.3) is 0 Å². The molecule has 0 saturated heterocycles. The van der Waals surface area contributed by atoms with Crippen molar-refractivity contribution in [2.24, 2.45) is 0 Å². The number of anilines is 1. The maximum Gasteiger partial charge on any atom is 0.293 e. The molecule has 0 spiro atoms. The zero-order valence-corrected chi connectivity index (χ0v) is 16.0. The van der Waals surface area contributed by atoms with Crippen molar-refractivity contribution in [3.8, 4) is 0 Å². The molecule has 2 rings (SSSR count). The third-order valence-corrected chi connectivity index (χ3v) is 5.16. The van der Waals surface area contributed by atoms with Gasteiger partial charge < -0.3 is 5.32 Å². The summed E-state index contributed by atoms with van der Waals surface area (Å²) in [7, 11) is 1.84. The highest BCUT2D eigenvalue weighted by Crippen LogP contribution is 2.28. The van der Waals surface area contributed by atoms with Crippen LogP contribution < -0.4 is 5.32 Å². The van der Waals surface area contributed by atoms with Gasteiger partial charge in [-0.05, 0) is 66.2 Å². The van der Waals surface area contributed by atoms with Gasteiger partial charge in [-0.15, -0.1) is 11.3 Å². The number of likely N-dealkylation sites (N-methyl/N-ethyl adjacent to an activating group) is 1. The number of nitrogens with one attached hydrogen (secondary N) is 1. The number of thiophene rings is 1. The molecule has 0 unspecified atom stereocenters. The zero-order valence-electron chi connectivity index (χ0n) is 13.6. The van der Waals surface area contributed by atoms with Crippen molar-refractivity contribution in [2.75, 3.05) is 18.9 Å². The first-order valence-corrected chi connectivity index (χ1v) is 8.85. The maximum absolute atomic E-state index is 12.2. The number of nitro benzene ring substituents is 1. The second-order valence-electron chi connectivity index (χ2n) is 5.64. The van der Waals surface area contributed by atoms with E-state index in [-0.39, 0.29) is 23.8 Å². The van der Waals surface area contributed by atoms with E-state index in [2.05, 4.69) is 21.2 Å². The van der Waals surface area contributed by atoms with Crippen LogP contribution in [0.1, 0.15) is 16.0 Å². The molecule has 0 bridgehead atoms. The fourth-order valence-electron chi connectivity index (χ4n) is 2.25. The van der Waals surface area contributed by atoms with Gasteiger partial charge in [-0.1, -0.05) is 0 Å². The van der Waals surface area contributed by atoms with E-state index >= 15 is 0 Å². The molecule has 8 heteroatoms. The second-order valence-corrected chi connectivity index (χ2v) is 8.18. The fraction of sp³-hybridized carbons (Fsp3) is 0.312. The Balaban J connectivity index is 2.04. The average molecular weight is 412 g/mol. The monoisotopic (exact) mass is 411 g/mol. The van der Waals surface area contributed by atoms with Crippen molar-refractivity contribution < 1.29 is 9.72 Å². The summed E-state index contributed by atoms with van der Waals surface area (Å²) in [6.45, 7) is 4.45. The van der Waals surface area contributed by atoms with Crippen LogP contribution in [0.2, 0.25) is 0 Å². The Kier molecular flexibility index (Phi) is 6.09. The van der Waals surface area contributed by atoms with Crippen molar-refractivity contribution in [3.05, 3.63) is 54.2 Å². The summed E-state index contributed by atoms with van der Waals surface area (Å²) in [6.07, 6.45) is 0. The largest absolute Gasteiger partial charge is 0.319 e. The van der Waals surface area contributed by atoms with E-state index in [0.717, 1.165) is 19.8 Å². The summed E-state index contributed by atoms with van der Waals surface area (Å²) in [5, 5.41) is 13.8. The van der Waals surface area contributed by atoms with Gasteiger partial charge in [0.05, 0.1) is 15.3 Å². The number of benzene rings is 1. The number of carbonyl (C=O) groups is 1. The Bertz CT molecular complexity index is 776. The van der Waals surface area contributed by atoms with E-state index in [9.17, 15) is 14.9 Å².